The van der Waals surface area contributed by atoms with Gasteiger partial charge in [0.05, 0.1) is 0 Å². The Balaban J connectivity index is 0. The molecule has 0 aliphatic heterocycles. The molecule has 0 heterocycles. The summed E-state index contributed by atoms with van der Waals surface area (Å²) < 4.78 is 0. The zero-order valence-corrected chi connectivity index (χ0v) is 6.66. The number of hydrogen-bond acceptors (Lipinski definition) is 3. The van der Waals surface area contributed by atoms with E-state index in [0.29, 0.717) is 0 Å². The monoisotopic (exact) mass is 149 g/mol. The van der Waals surface area contributed by atoms with Gasteiger partial charge in [-0.15, -0.1) is 0 Å². The second kappa shape index (κ2) is 8.39. The Morgan fingerprint density at radius 3 is 1.90 bits per heavy atom. The van der Waals surface area contributed by atoms with Crippen LogP contribution in [0.4, 0.5) is 0 Å². The van der Waals surface area contributed by atoms with Crippen LogP contribution < -0.4 is 0 Å². The van der Waals surface area contributed by atoms with Crippen molar-refractivity contribution in [1.82, 2.24) is 5.06 Å². The number of carboxylic acids is 1. The lowest BCUT2D eigenvalue weighted by molar-refractivity contribution is -0.134. The zero-order valence-electron chi connectivity index (χ0n) is 6.66. The van der Waals surface area contributed by atoms with Crippen LogP contribution in [0.1, 0.15) is 20.3 Å². The second-order valence-corrected chi connectivity index (χ2v) is 1.90. The van der Waals surface area contributed by atoms with Crippen molar-refractivity contribution in [3.05, 3.63) is 0 Å². The van der Waals surface area contributed by atoms with Crippen molar-refractivity contribution in [3.63, 3.8) is 0 Å². The summed E-state index contributed by atoms with van der Waals surface area (Å²) in [7, 11) is 1.64. The molecule has 10 heavy (non-hydrogen) atoms. The molecule has 0 saturated carbocycles. The summed E-state index contributed by atoms with van der Waals surface area (Å²) in [5, 5.41) is 17.0. The van der Waals surface area contributed by atoms with Crippen LogP contribution in [0.3, 0.4) is 0 Å². The molecule has 0 amide bonds. The molecule has 0 radical (unpaired) electrons. The molecule has 0 atom stereocenters. The standard InChI is InChI=1S/C4H11NO.C2H4O2/c1-3-4-5(2)6;1-2(3)4/h6H,3-4H2,1-2H3;1H3,(H,3,4). The highest BCUT2D eigenvalue weighted by Crippen LogP contribution is 1.75. The Hall–Kier alpha value is -0.610. The highest BCUT2D eigenvalue weighted by Gasteiger charge is 1.81. The first-order valence-electron chi connectivity index (χ1n) is 3.10. The minimum Gasteiger partial charge on any atom is -0.481 e. The maximum absolute atomic E-state index is 9.00. The minimum absolute atomic E-state index is 0.764. The van der Waals surface area contributed by atoms with Crippen LogP contribution >= 0.6 is 0 Å². The largest absolute Gasteiger partial charge is 0.481 e. The molecule has 62 valence electrons. The van der Waals surface area contributed by atoms with Crippen molar-refractivity contribution >= 4 is 5.97 Å². The Bertz CT molecular complexity index is 79.1. The van der Waals surface area contributed by atoms with Gasteiger partial charge in [0.1, 0.15) is 0 Å². The lowest BCUT2D eigenvalue weighted by Gasteiger charge is -2.01. The van der Waals surface area contributed by atoms with Crippen LogP contribution in [-0.4, -0.2) is 34.9 Å². The lowest BCUT2D eigenvalue weighted by Crippen LogP contribution is -2.12. The third kappa shape index (κ3) is 52.8. The molecule has 2 N–H and O–H groups in total. The van der Waals surface area contributed by atoms with Gasteiger partial charge in [0, 0.05) is 20.5 Å². The van der Waals surface area contributed by atoms with Crippen LogP contribution in [-0.2, 0) is 4.79 Å². The Morgan fingerprint density at radius 1 is 1.60 bits per heavy atom. The fraction of sp³-hybridized carbons (Fsp3) is 0.833. The number of carboxylic acid groups (broad SMARTS) is 1. The smallest absolute Gasteiger partial charge is 0.300 e. The first-order chi connectivity index (χ1) is 4.50. The van der Waals surface area contributed by atoms with Gasteiger partial charge in [0.15, 0.2) is 0 Å². The van der Waals surface area contributed by atoms with Crippen molar-refractivity contribution in [3.8, 4) is 0 Å². The number of hydrogen-bond donors (Lipinski definition) is 2. The fourth-order valence-corrected chi connectivity index (χ4v) is 0.324. The SMILES string of the molecule is CC(=O)O.CCCN(C)O. The number of aliphatic carboxylic acids is 1. The normalized spacial score (nSPS) is 8.50. The van der Waals surface area contributed by atoms with Gasteiger partial charge >= 0.3 is 0 Å². The Kier molecular flexibility index (Phi) is 10.2. The van der Waals surface area contributed by atoms with E-state index in [4.69, 9.17) is 15.1 Å². The van der Waals surface area contributed by atoms with Crippen molar-refractivity contribution in [2.45, 2.75) is 20.3 Å². The molecule has 0 rings (SSSR count). The summed E-state index contributed by atoms with van der Waals surface area (Å²) in [5.41, 5.74) is 0. The molecule has 0 aromatic carbocycles. The number of nitrogens with zero attached hydrogens (tertiary/aromatic N) is 1. The van der Waals surface area contributed by atoms with Gasteiger partial charge in [0.25, 0.3) is 5.97 Å². The highest BCUT2D eigenvalue weighted by molar-refractivity contribution is 5.62. The summed E-state index contributed by atoms with van der Waals surface area (Å²) >= 11 is 0. The van der Waals surface area contributed by atoms with E-state index in [1.807, 2.05) is 6.92 Å². The van der Waals surface area contributed by atoms with E-state index in [-0.39, 0.29) is 0 Å². The molecule has 0 fully saturated rings. The van der Waals surface area contributed by atoms with E-state index in [0.717, 1.165) is 19.9 Å². The van der Waals surface area contributed by atoms with Gasteiger partial charge in [-0.05, 0) is 6.42 Å². The number of rotatable bonds is 2. The van der Waals surface area contributed by atoms with Gasteiger partial charge < -0.3 is 10.3 Å². The van der Waals surface area contributed by atoms with Gasteiger partial charge in [-0.3, -0.25) is 4.79 Å². The van der Waals surface area contributed by atoms with E-state index < -0.39 is 5.97 Å². The molecule has 0 spiro atoms. The fourth-order valence-electron chi connectivity index (χ4n) is 0.324. The number of hydroxylamine groups is 2. The third-order valence-corrected chi connectivity index (χ3v) is 0.547. The molecule has 4 heteroatoms. The van der Waals surface area contributed by atoms with Crippen molar-refractivity contribution < 1.29 is 15.1 Å². The molecule has 4 nitrogen and oxygen atoms in total. The summed E-state index contributed by atoms with van der Waals surface area (Å²) in [6.07, 6.45) is 1.01. The first kappa shape index (κ1) is 12.1. The van der Waals surface area contributed by atoms with Crippen LogP contribution in [0.25, 0.3) is 0 Å². The summed E-state index contributed by atoms with van der Waals surface area (Å²) in [6.45, 7) is 3.87. The van der Waals surface area contributed by atoms with Gasteiger partial charge in [-0.2, -0.15) is 5.06 Å². The summed E-state index contributed by atoms with van der Waals surface area (Å²) in [6, 6.07) is 0. The molecular weight excluding hydrogens is 134 g/mol. The van der Waals surface area contributed by atoms with Crippen molar-refractivity contribution in [1.29, 1.82) is 0 Å². The average molecular weight is 149 g/mol. The average Bonchev–Trinajstić information content (AvgIpc) is 1.62. The number of carbonyl (C=O) groups is 1. The molecule has 0 bridgehead atoms. The minimum atomic E-state index is -0.833. The quantitative estimate of drug-likeness (QED) is 0.570. The summed E-state index contributed by atoms with van der Waals surface area (Å²) in [4.78, 5) is 9.00. The molecular formula is C6H15NO3. The molecule has 0 aliphatic carbocycles. The lowest BCUT2D eigenvalue weighted by atomic mass is 10.5. The zero-order chi connectivity index (χ0) is 8.57. The maximum Gasteiger partial charge on any atom is 0.300 e. The topological polar surface area (TPSA) is 60.8 Å². The molecule has 0 aliphatic rings. The molecule has 0 unspecified atom stereocenters. The van der Waals surface area contributed by atoms with E-state index >= 15 is 0 Å². The Morgan fingerprint density at radius 2 is 1.90 bits per heavy atom. The van der Waals surface area contributed by atoms with Crippen LogP contribution in [0.2, 0.25) is 0 Å². The maximum atomic E-state index is 9.00. The van der Waals surface area contributed by atoms with E-state index in [9.17, 15) is 0 Å². The molecule has 0 saturated heterocycles. The predicted molar refractivity (Wildman–Crippen MR) is 38.0 cm³/mol. The third-order valence-electron chi connectivity index (χ3n) is 0.547. The molecule has 0 aromatic rings. The van der Waals surface area contributed by atoms with E-state index in [1.54, 1.807) is 7.05 Å². The highest BCUT2D eigenvalue weighted by atomic mass is 16.5. The van der Waals surface area contributed by atoms with Gasteiger partial charge in [-0.1, -0.05) is 6.92 Å². The van der Waals surface area contributed by atoms with Crippen LogP contribution in [0, 0.1) is 0 Å². The second-order valence-electron chi connectivity index (χ2n) is 1.90. The predicted octanol–water partition coefficient (Wildman–Crippen LogP) is 0.808. The summed E-state index contributed by atoms with van der Waals surface area (Å²) in [5.74, 6) is -0.833. The molecule has 0 aromatic heterocycles. The van der Waals surface area contributed by atoms with Crippen molar-refractivity contribution in [2.24, 2.45) is 0 Å². The van der Waals surface area contributed by atoms with Crippen LogP contribution in [0.15, 0.2) is 0 Å². The van der Waals surface area contributed by atoms with E-state index in [2.05, 4.69) is 0 Å². The van der Waals surface area contributed by atoms with E-state index in [1.165, 1.54) is 5.06 Å². The first-order valence-corrected chi connectivity index (χ1v) is 3.10. The Labute approximate surface area is 61.0 Å². The van der Waals surface area contributed by atoms with Gasteiger partial charge in [0.2, 0.25) is 0 Å². The van der Waals surface area contributed by atoms with Crippen LogP contribution in [0.5, 0.6) is 0 Å². The van der Waals surface area contributed by atoms with Crippen molar-refractivity contribution in [2.75, 3.05) is 13.6 Å². The van der Waals surface area contributed by atoms with Gasteiger partial charge in [-0.25, -0.2) is 0 Å².